The number of hydrogen-bond acceptors (Lipinski definition) is 3. The molecule has 0 bridgehead atoms. The summed E-state index contributed by atoms with van der Waals surface area (Å²) in [5.41, 5.74) is 2.07. The number of fused-ring (bicyclic) bond motifs is 1. The van der Waals surface area contributed by atoms with E-state index in [1.54, 1.807) is 6.20 Å². The summed E-state index contributed by atoms with van der Waals surface area (Å²) < 4.78 is 2.85. The molecule has 0 amide bonds. The molecular formula is C17H21N3S. The van der Waals surface area contributed by atoms with Crippen LogP contribution in [0, 0.1) is 4.64 Å². The smallest absolute Gasteiger partial charge is 0.159 e. The minimum atomic E-state index is 0.696. The Kier molecular flexibility index (Phi) is 5.28. The third kappa shape index (κ3) is 3.22. The molecular weight excluding hydrogens is 278 g/mol. The van der Waals surface area contributed by atoms with Crippen LogP contribution in [-0.4, -0.2) is 22.7 Å². The Hall–Kier alpha value is -1.94. The summed E-state index contributed by atoms with van der Waals surface area (Å²) in [6.45, 7) is 11.2. The van der Waals surface area contributed by atoms with Gasteiger partial charge in [0.2, 0.25) is 0 Å². The maximum atomic E-state index is 5.70. The summed E-state index contributed by atoms with van der Waals surface area (Å²) in [6.07, 6.45) is 7.57. The topological polar surface area (TPSA) is 21.1 Å². The van der Waals surface area contributed by atoms with Crippen molar-refractivity contribution in [3.8, 4) is 0 Å². The SMILES string of the molecule is C=CCN(CC=C)n1c(=S)c(CCC)cc2cccnc21. The summed E-state index contributed by atoms with van der Waals surface area (Å²) in [7, 11) is 0. The van der Waals surface area contributed by atoms with Gasteiger partial charge in [0.1, 0.15) is 4.64 Å². The van der Waals surface area contributed by atoms with Crippen LogP contribution in [0.25, 0.3) is 11.0 Å². The molecule has 3 nitrogen and oxygen atoms in total. The van der Waals surface area contributed by atoms with Crippen molar-refractivity contribution in [1.82, 2.24) is 9.66 Å². The van der Waals surface area contributed by atoms with Gasteiger partial charge in [-0.05, 0) is 30.2 Å². The molecule has 0 atom stereocenters. The minimum Gasteiger partial charge on any atom is -0.302 e. The van der Waals surface area contributed by atoms with Crippen molar-refractivity contribution >= 4 is 23.3 Å². The van der Waals surface area contributed by atoms with E-state index in [2.05, 4.69) is 42.2 Å². The molecule has 0 saturated heterocycles. The van der Waals surface area contributed by atoms with Crippen molar-refractivity contribution in [3.63, 3.8) is 0 Å². The Morgan fingerprint density at radius 1 is 1.33 bits per heavy atom. The molecule has 0 fully saturated rings. The van der Waals surface area contributed by atoms with Gasteiger partial charge in [0.15, 0.2) is 5.65 Å². The summed E-state index contributed by atoms with van der Waals surface area (Å²) >= 11 is 5.70. The molecule has 2 aromatic rings. The first-order chi connectivity index (χ1) is 10.2. The zero-order valence-electron chi connectivity index (χ0n) is 12.5. The van der Waals surface area contributed by atoms with Crippen LogP contribution >= 0.6 is 12.2 Å². The number of rotatable bonds is 7. The molecule has 2 rings (SSSR count). The Balaban J connectivity index is 2.73. The van der Waals surface area contributed by atoms with E-state index in [-0.39, 0.29) is 0 Å². The quantitative estimate of drug-likeness (QED) is 0.569. The lowest BCUT2D eigenvalue weighted by Crippen LogP contribution is -2.36. The third-order valence-electron chi connectivity index (χ3n) is 3.30. The van der Waals surface area contributed by atoms with E-state index in [1.165, 1.54) is 5.56 Å². The van der Waals surface area contributed by atoms with Crippen LogP contribution in [0.2, 0.25) is 0 Å². The average molecular weight is 299 g/mol. The Labute approximate surface area is 131 Å². The van der Waals surface area contributed by atoms with Gasteiger partial charge in [0, 0.05) is 11.6 Å². The van der Waals surface area contributed by atoms with Crippen molar-refractivity contribution in [1.29, 1.82) is 0 Å². The maximum absolute atomic E-state index is 5.70. The second kappa shape index (κ2) is 7.18. The van der Waals surface area contributed by atoms with Crippen molar-refractivity contribution in [2.45, 2.75) is 19.8 Å². The van der Waals surface area contributed by atoms with Gasteiger partial charge in [-0.1, -0.05) is 37.7 Å². The van der Waals surface area contributed by atoms with Gasteiger partial charge in [0.05, 0.1) is 13.1 Å². The van der Waals surface area contributed by atoms with Gasteiger partial charge in [0.25, 0.3) is 0 Å². The monoisotopic (exact) mass is 299 g/mol. The van der Waals surface area contributed by atoms with Crippen LogP contribution in [0.3, 0.4) is 0 Å². The highest BCUT2D eigenvalue weighted by Gasteiger charge is 2.11. The molecule has 110 valence electrons. The van der Waals surface area contributed by atoms with E-state index < -0.39 is 0 Å². The molecule has 0 unspecified atom stereocenters. The van der Waals surface area contributed by atoms with Crippen molar-refractivity contribution in [2.24, 2.45) is 0 Å². The standard InChI is InChI=1S/C17H21N3S/c1-4-8-15-13-14-9-7-10-18-16(14)20(17(15)21)19(11-5-2)12-6-3/h5-7,9-10,13H,2-4,8,11-12H2,1H3. The van der Waals surface area contributed by atoms with E-state index in [9.17, 15) is 0 Å². The van der Waals surface area contributed by atoms with E-state index >= 15 is 0 Å². The molecule has 0 spiro atoms. The van der Waals surface area contributed by atoms with Gasteiger partial charge >= 0.3 is 0 Å². The Morgan fingerprint density at radius 2 is 2.05 bits per heavy atom. The third-order valence-corrected chi connectivity index (χ3v) is 3.73. The van der Waals surface area contributed by atoms with Crippen molar-refractivity contribution in [2.75, 3.05) is 18.1 Å². The van der Waals surface area contributed by atoms with Gasteiger partial charge in [-0.2, -0.15) is 0 Å². The Bertz CT molecular complexity index is 693. The fraction of sp³-hybridized carbons (Fsp3) is 0.294. The molecule has 0 N–H and O–H groups in total. The van der Waals surface area contributed by atoms with E-state index in [0.29, 0.717) is 13.1 Å². The zero-order valence-corrected chi connectivity index (χ0v) is 13.3. The second-order valence-electron chi connectivity index (χ2n) is 4.90. The number of aryl methyl sites for hydroxylation is 1. The fourth-order valence-electron chi connectivity index (χ4n) is 2.43. The summed E-state index contributed by atoms with van der Waals surface area (Å²) in [6, 6.07) is 6.19. The van der Waals surface area contributed by atoms with Crippen LogP contribution in [0.4, 0.5) is 0 Å². The molecule has 2 heterocycles. The summed E-state index contributed by atoms with van der Waals surface area (Å²) in [5.74, 6) is 0. The highest BCUT2D eigenvalue weighted by atomic mass is 32.1. The van der Waals surface area contributed by atoms with Crippen LogP contribution in [-0.2, 0) is 6.42 Å². The predicted octanol–water partition coefficient (Wildman–Crippen LogP) is 4.03. The minimum absolute atomic E-state index is 0.696. The molecule has 0 radical (unpaired) electrons. The van der Waals surface area contributed by atoms with Crippen molar-refractivity contribution < 1.29 is 0 Å². The van der Waals surface area contributed by atoms with Crippen LogP contribution in [0.1, 0.15) is 18.9 Å². The van der Waals surface area contributed by atoms with Gasteiger partial charge in [-0.25, -0.2) is 9.66 Å². The number of pyridine rings is 2. The number of hydrogen-bond donors (Lipinski definition) is 0. The molecule has 0 aliphatic rings. The molecule has 2 aromatic heterocycles. The first-order valence-electron chi connectivity index (χ1n) is 7.19. The lowest BCUT2D eigenvalue weighted by atomic mass is 10.1. The largest absolute Gasteiger partial charge is 0.302 e. The van der Waals surface area contributed by atoms with Crippen LogP contribution < -0.4 is 5.01 Å². The number of nitrogens with zero attached hydrogens (tertiary/aromatic N) is 3. The van der Waals surface area contributed by atoms with E-state index in [1.807, 2.05) is 22.9 Å². The molecule has 0 aliphatic heterocycles. The number of aromatic nitrogens is 2. The molecule has 21 heavy (non-hydrogen) atoms. The highest BCUT2D eigenvalue weighted by molar-refractivity contribution is 7.71. The first-order valence-corrected chi connectivity index (χ1v) is 7.60. The van der Waals surface area contributed by atoms with Crippen LogP contribution in [0.5, 0.6) is 0 Å². The fourth-order valence-corrected chi connectivity index (χ4v) is 2.79. The van der Waals surface area contributed by atoms with Crippen molar-refractivity contribution in [3.05, 3.63) is 59.9 Å². The predicted molar refractivity (Wildman–Crippen MR) is 92.9 cm³/mol. The van der Waals surface area contributed by atoms with Gasteiger partial charge < -0.3 is 5.01 Å². The van der Waals surface area contributed by atoms with E-state index in [0.717, 1.165) is 28.5 Å². The maximum Gasteiger partial charge on any atom is 0.159 e. The Morgan fingerprint density at radius 3 is 2.67 bits per heavy atom. The van der Waals surface area contributed by atoms with Gasteiger partial charge in [-0.15, -0.1) is 13.2 Å². The summed E-state index contributed by atoms with van der Waals surface area (Å²) in [4.78, 5) is 4.51. The molecule has 0 aliphatic carbocycles. The van der Waals surface area contributed by atoms with Gasteiger partial charge in [-0.3, -0.25) is 0 Å². The summed E-state index contributed by atoms with van der Waals surface area (Å²) in [5, 5.41) is 3.21. The lowest BCUT2D eigenvalue weighted by Gasteiger charge is -2.27. The molecule has 0 saturated carbocycles. The molecule has 0 aromatic carbocycles. The average Bonchev–Trinajstić information content (AvgIpc) is 2.48. The normalized spacial score (nSPS) is 10.5. The zero-order chi connectivity index (χ0) is 15.2. The second-order valence-corrected chi connectivity index (χ2v) is 5.29. The van der Waals surface area contributed by atoms with Crippen LogP contribution in [0.15, 0.2) is 49.7 Å². The molecule has 4 heteroatoms. The highest BCUT2D eigenvalue weighted by Crippen LogP contribution is 2.18. The lowest BCUT2D eigenvalue weighted by molar-refractivity contribution is 0.657. The first kappa shape index (κ1) is 15.4. The van der Waals surface area contributed by atoms with E-state index in [4.69, 9.17) is 12.2 Å².